The predicted molar refractivity (Wildman–Crippen MR) is 50.3 cm³/mol. The van der Waals surface area contributed by atoms with Crippen LogP contribution in [0.1, 0.15) is 19.5 Å². The molecule has 1 rings (SSSR count). The molecular formula is C8H14N2O2S. The van der Waals surface area contributed by atoms with E-state index in [1.807, 2.05) is 0 Å². The summed E-state index contributed by atoms with van der Waals surface area (Å²) in [7, 11) is -1.55. The van der Waals surface area contributed by atoms with E-state index in [4.69, 9.17) is 0 Å². The van der Waals surface area contributed by atoms with Gasteiger partial charge in [0.1, 0.15) is 0 Å². The second-order valence-corrected chi connectivity index (χ2v) is 5.77. The van der Waals surface area contributed by atoms with Crippen LogP contribution in [0, 0.1) is 6.92 Å². The van der Waals surface area contributed by atoms with Crippen molar-refractivity contribution >= 4 is 9.84 Å². The maximum absolute atomic E-state index is 11.7. The third-order valence-corrected chi connectivity index (χ3v) is 3.96. The van der Waals surface area contributed by atoms with Crippen LogP contribution in [0.3, 0.4) is 0 Å². The van der Waals surface area contributed by atoms with Gasteiger partial charge in [0.05, 0.1) is 10.9 Å². The van der Waals surface area contributed by atoms with Gasteiger partial charge in [0.25, 0.3) is 0 Å². The van der Waals surface area contributed by atoms with E-state index in [0.717, 1.165) is 5.69 Å². The maximum atomic E-state index is 11.7. The zero-order valence-corrected chi connectivity index (χ0v) is 9.09. The standard InChI is InChI=1S/C8H14N2O2S/c1-6(2)13(11,12)8-9-7(3)5-10(8)4/h5-6H,1-4H3. The molecule has 1 heterocycles. The number of aryl methyl sites for hydroxylation is 2. The highest BCUT2D eigenvalue weighted by Crippen LogP contribution is 2.13. The second kappa shape index (κ2) is 3.14. The summed E-state index contributed by atoms with van der Waals surface area (Å²) in [6, 6.07) is 0. The number of hydrogen-bond acceptors (Lipinski definition) is 3. The van der Waals surface area contributed by atoms with Gasteiger partial charge in [-0.05, 0) is 20.8 Å². The van der Waals surface area contributed by atoms with E-state index >= 15 is 0 Å². The highest BCUT2D eigenvalue weighted by atomic mass is 32.2. The topological polar surface area (TPSA) is 52.0 Å². The lowest BCUT2D eigenvalue weighted by molar-refractivity contribution is 0.570. The predicted octanol–water partition coefficient (Wildman–Crippen LogP) is 0.911. The molecule has 0 aliphatic rings. The summed E-state index contributed by atoms with van der Waals surface area (Å²) in [5.74, 6) is 0. The van der Waals surface area contributed by atoms with E-state index in [-0.39, 0.29) is 5.16 Å². The zero-order valence-electron chi connectivity index (χ0n) is 8.27. The normalized spacial score (nSPS) is 12.4. The molecule has 0 atom stereocenters. The number of rotatable bonds is 2. The van der Waals surface area contributed by atoms with Crippen LogP contribution in [0.25, 0.3) is 0 Å². The molecule has 0 aromatic carbocycles. The van der Waals surface area contributed by atoms with Crippen molar-refractivity contribution < 1.29 is 8.42 Å². The molecule has 5 heteroatoms. The van der Waals surface area contributed by atoms with Crippen LogP contribution in [-0.4, -0.2) is 23.2 Å². The summed E-state index contributed by atoms with van der Waals surface area (Å²) < 4.78 is 24.9. The zero-order chi connectivity index (χ0) is 10.2. The first kappa shape index (κ1) is 10.2. The fourth-order valence-corrected chi connectivity index (χ4v) is 2.22. The van der Waals surface area contributed by atoms with Crippen LogP contribution in [0.15, 0.2) is 11.4 Å². The molecule has 0 radical (unpaired) electrons. The maximum Gasteiger partial charge on any atom is 0.227 e. The van der Waals surface area contributed by atoms with E-state index in [9.17, 15) is 8.42 Å². The summed E-state index contributed by atoms with van der Waals surface area (Å²) in [5.41, 5.74) is 0.724. The summed E-state index contributed by atoms with van der Waals surface area (Å²) >= 11 is 0. The van der Waals surface area contributed by atoms with E-state index in [2.05, 4.69) is 4.98 Å². The Morgan fingerprint density at radius 1 is 1.46 bits per heavy atom. The van der Waals surface area contributed by atoms with Crippen LogP contribution in [0.2, 0.25) is 0 Å². The number of aromatic nitrogens is 2. The van der Waals surface area contributed by atoms with Gasteiger partial charge >= 0.3 is 0 Å². The molecule has 0 amide bonds. The van der Waals surface area contributed by atoms with Crippen molar-refractivity contribution in [2.75, 3.05) is 0 Å². The smallest absolute Gasteiger partial charge is 0.227 e. The average Bonchev–Trinajstić information content (AvgIpc) is 2.30. The Bertz CT molecular complexity index is 404. The Labute approximate surface area is 78.5 Å². The molecule has 0 saturated carbocycles. The monoisotopic (exact) mass is 202 g/mol. The van der Waals surface area contributed by atoms with Crippen LogP contribution in [-0.2, 0) is 16.9 Å². The van der Waals surface area contributed by atoms with Gasteiger partial charge in [-0.3, -0.25) is 0 Å². The summed E-state index contributed by atoms with van der Waals surface area (Å²) in [4.78, 5) is 3.98. The third-order valence-electron chi connectivity index (χ3n) is 1.83. The quantitative estimate of drug-likeness (QED) is 0.716. The summed E-state index contributed by atoms with van der Waals surface area (Å²) in [5, 5.41) is -0.270. The molecule has 4 nitrogen and oxygen atoms in total. The molecule has 1 aromatic heterocycles. The minimum atomic E-state index is -3.23. The van der Waals surface area contributed by atoms with Crippen LogP contribution < -0.4 is 0 Å². The molecule has 1 aromatic rings. The SMILES string of the molecule is Cc1cn(C)c(S(=O)(=O)C(C)C)n1. The Kier molecular flexibility index (Phi) is 2.47. The molecule has 74 valence electrons. The van der Waals surface area contributed by atoms with Gasteiger partial charge in [-0.15, -0.1) is 0 Å². The minimum absolute atomic E-state index is 0.153. The second-order valence-electron chi connectivity index (χ2n) is 3.37. The van der Waals surface area contributed by atoms with Gasteiger partial charge in [-0.2, -0.15) is 0 Å². The molecule has 0 saturated heterocycles. The third kappa shape index (κ3) is 1.75. The lowest BCUT2D eigenvalue weighted by atomic mass is 10.6. The highest BCUT2D eigenvalue weighted by Gasteiger charge is 2.23. The number of imidazole rings is 1. The molecule has 0 spiro atoms. The molecule has 0 N–H and O–H groups in total. The Balaban J connectivity index is 3.31. The van der Waals surface area contributed by atoms with Crippen molar-refractivity contribution in [3.05, 3.63) is 11.9 Å². The number of hydrogen-bond donors (Lipinski definition) is 0. The van der Waals surface area contributed by atoms with Crippen molar-refractivity contribution in [2.24, 2.45) is 7.05 Å². The number of nitrogens with zero attached hydrogens (tertiary/aromatic N) is 2. The van der Waals surface area contributed by atoms with Crippen molar-refractivity contribution in [1.29, 1.82) is 0 Å². The Morgan fingerprint density at radius 3 is 2.31 bits per heavy atom. The van der Waals surface area contributed by atoms with Crippen molar-refractivity contribution in [3.63, 3.8) is 0 Å². The van der Waals surface area contributed by atoms with Gasteiger partial charge in [0.15, 0.2) is 0 Å². The molecule has 0 aliphatic heterocycles. The van der Waals surface area contributed by atoms with Crippen molar-refractivity contribution in [1.82, 2.24) is 9.55 Å². The molecule has 0 unspecified atom stereocenters. The van der Waals surface area contributed by atoms with Gasteiger partial charge in [0.2, 0.25) is 15.0 Å². The number of sulfone groups is 1. The highest BCUT2D eigenvalue weighted by molar-refractivity contribution is 7.91. The van der Waals surface area contributed by atoms with Gasteiger partial charge in [-0.1, -0.05) is 0 Å². The largest absolute Gasteiger partial charge is 0.325 e. The van der Waals surface area contributed by atoms with E-state index < -0.39 is 15.1 Å². The van der Waals surface area contributed by atoms with Crippen LogP contribution >= 0.6 is 0 Å². The lowest BCUT2D eigenvalue weighted by Crippen LogP contribution is -2.18. The first-order valence-corrected chi connectivity index (χ1v) is 5.64. The first-order valence-electron chi connectivity index (χ1n) is 4.09. The van der Waals surface area contributed by atoms with E-state index in [0.29, 0.717) is 0 Å². The van der Waals surface area contributed by atoms with Gasteiger partial charge in [-0.25, -0.2) is 13.4 Å². The van der Waals surface area contributed by atoms with E-state index in [1.54, 1.807) is 38.6 Å². The van der Waals surface area contributed by atoms with Gasteiger partial charge in [0, 0.05) is 13.2 Å². The molecule has 0 bridgehead atoms. The van der Waals surface area contributed by atoms with E-state index in [1.165, 1.54) is 0 Å². The van der Waals surface area contributed by atoms with Crippen molar-refractivity contribution in [2.45, 2.75) is 31.2 Å². The molecule has 13 heavy (non-hydrogen) atoms. The fraction of sp³-hybridized carbons (Fsp3) is 0.625. The molecular weight excluding hydrogens is 188 g/mol. The van der Waals surface area contributed by atoms with Gasteiger partial charge < -0.3 is 4.57 Å². The molecule has 0 fully saturated rings. The first-order chi connectivity index (χ1) is 5.85. The average molecular weight is 202 g/mol. The van der Waals surface area contributed by atoms with Crippen LogP contribution in [0.5, 0.6) is 0 Å². The summed E-state index contributed by atoms with van der Waals surface area (Å²) in [6.07, 6.45) is 1.70. The van der Waals surface area contributed by atoms with Crippen molar-refractivity contribution in [3.8, 4) is 0 Å². The minimum Gasteiger partial charge on any atom is -0.325 e. The Hall–Kier alpha value is -0.840. The van der Waals surface area contributed by atoms with Crippen LogP contribution in [0.4, 0.5) is 0 Å². The molecule has 0 aliphatic carbocycles. The lowest BCUT2D eigenvalue weighted by Gasteiger charge is -2.06. The fourth-order valence-electron chi connectivity index (χ4n) is 1.07. The Morgan fingerprint density at radius 2 is 2.00 bits per heavy atom. The summed E-state index contributed by atoms with van der Waals surface area (Å²) in [6.45, 7) is 5.08.